The van der Waals surface area contributed by atoms with E-state index in [0.717, 1.165) is 0 Å². The molecular formula is C16H19N3O2. The number of aromatic amines is 1. The fourth-order valence-corrected chi connectivity index (χ4v) is 1.85. The summed E-state index contributed by atoms with van der Waals surface area (Å²) in [7, 11) is 1.85. The van der Waals surface area contributed by atoms with Gasteiger partial charge in [0.15, 0.2) is 5.78 Å². The third-order valence-corrected chi connectivity index (χ3v) is 3.33. The second-order valence-corrected chi connectivity index (χ2v) is 4.91. The number of benzene rings is 1. The average Bonchev–Trinajstić information content (AvgIpc) is 3.06. The SMILES string of the molecule is CNC(C)CNC(=O)c1ccc(C(=O)c2cc[nH]c2)cc1. The van der Waals surface area contributed by atoms with Crippen LogP contribution >= 0.6 is 0 Å². The molecule has 1 atom stereocenters. The smallest absolute Gasteiger partial charge is 0.251 e. The molecule has 5 nitrogen and oxygen atoms in total. The van der Waals surface area contributed by atoms with Gasteiger partial charge in [0, 0.05) is 41.7 Å². The van der Waals surface area contributed by atoms with E-state index in [0.29, 0.717) is 23.2 Å². The molecule has 1 amide bonds. The Balaban J connectivity index is 2.02. The van der Waals surface area contributed by atoms with Crippen molar-refractivity contribution in [1.29, 1.82) is 0 Å². The standard InChI is InChI=1S/C16H19N3O2/c1-11(17-2)9-19-16(21)13-5-3-12(4-6-13)15(20)14-7-8-18-10-14/h3-8,10-11,17-18H,9H2,1-2H3,(H,19,21). The van der Waals surface area contributed by atoms with Crippen molar-refractivity contribution >= 4 is 11.7 Å². The molecule has 0 aliphatic carbocycles. The number of aromatic nitrogens is 1. The van der Waals surface area contributed by atoms with Crippen LogP contribution in [0.25, 0.3) is 0 Å². The Bertz CT molecular complexity index is 603. The molecule has 2 rings (SSSR count). The number of nitrogens with one attached hydrogen (secondary N) is 3. The molecule has 1 aromatic heterocycles. The van der Waals surface area contributed by atoms with Gasteiger partial charge in [0.05, 0.1) is 0 Å². The van der Waals surface area contributed by atoms with E-state index in [1.807, 2.05) is 14.0 Å². The number of carbonyl (C=O) groups is 2. The summed E-state index contributed by atoms with van der Waals surface area (Å²) in [5.74, 6) is -0.204. The van der Waals surface area contributed by atoms with Crippen molar-refractivity contribution in [2.45, 2.75) is 13.0 Å². The Labute approximate surface area is 123 Å². The van der Waals surface area contributed by atoms with Crippen LogP contribution in [0.1, 0.15) is 33.2 Å². The van der Waals surface area contributed by atoms with E-state index in [-0.39, 0.29) is 17.7 Å². The monoisotopic (exact) mass is 285 g/mol. The minimum Gasteiger partial charge on any atom is -0.367 e. The lowest BCUT2D eigenvalue weighted by Gasteiger charge is -2.11. The predicted molar refractivity (Wildman–Crippen MR) is 81.5 cm³/mol. The number of hydrogen-bond donors (Lipinski definition) is 3. The van der Waals surface area contributed by atoms with Crippen LogP contribution in [0.15, 0.2) is 42.7 Å². The molecule has 0 fully saturated rings. The maximum Gasteiger partial charge on any atom is 0.251 e. The van der Waals surface area contributed by atoms with Crippen molar-refractivity contribution in [2.75, 3.05) is 13.6 Å². The van der Waals surface area contributed by atoms with E-state index >= 15 is 0 Å². The van der Waals surface area contributed by atoms with Crippen LogP contribution in [0.5, 0.6) is 0 Å². The maximum absolute atomic E-state index is 12.1. The highest BCUT2D eigenvalue weighted by atomic mass is 16.1. The van der Waals surface area contributed by atoms with Crippen LogP contribution in [0.3, 0.4) is 0 Å². The van der Waals surface area contributed by atoms with Gasteiger partial charge in [0.1, 0.15) is 0 Å². The van der Waals surface area contributed by atoms with Gasteiger partial charge < -0.3 is 15.6 Å². The topological polar surface area (TPSA) is 74.0 Å². The number of rotatable bonds is 6. The molecular weight excluding hydrogens is 266 g/mol. The van der Waals surface area contributed by atoms with E-state index in [9.17, 15) is 9.59 Å². The molecule has 3 N–H and O–H groups in total. The largest absolute Gasteiger partial charge is 0.367 e. The summed E-state index contributed by atoms with van der Waals surface area (Å²) in [6, 6.07) is 8.61. The summed E-state index contributed by atoms with van der Waals surface area (Å²) in [5.41, 5.74) is 1.72. The van der Waals surface area contributed by atoms with Crippen LogP contribution in [0, 0.1) is 0 Å². The van der Waals surface area contributed by atoms with Crippen molar-refractivity contribution in [3.63, 3.8) is 0 Å². The Morgan fingerprint density at radius 1 is 1.10 bits per heavy atom. The Morgan fingerprint density at radius 3 is 2.33 bits per heavy atom. The second-order valence-electron chi connectivity index (χ2n) is 4.91. The molecule has 1 aromatic carbocycles. The number of hydrogen-bond acceptors (Lipinski definition) is 3. The first-order valence-corrected chi connectivity index (χ1v) is 6.85. The molecule has 0 saturated carbocycles. The number of amides is 1. The van der Waals surface area contributed by atoms with Crippen molar-refractivity contribution in [1.82, 2.24) is 15.6 Å². The van der Waals surface area contributed by atoms with Crippen LogP contribution in [-0.2, 0) is 0 Å². The summed E-state index contributed by atoms with van der Waals surface area (Å²) >= 11 is 0. The van der Waals surface area contributed by atoms with Crippen molar-refractivity contribution in [2.24, 2.45) is 0 Å². The minimum absolute atomic E-state index is 0.0630. The lowest BCUT2D eigenvalue weighted by molar-refractivity contribution is 0.0949. The minimum atomic E-state index is -0.141. The van der Waals surface area contributed by atoms with Crippen LogP contribution < -0.4 is 10.6 Å². The highest BCUT2D eigenvalue weighted by molar-refractivity contribution is 6.09. The van der Waals surface area contributed by atoms with Crippen molar-refractivity contribution in [3.8, 4) is 0 Å². The van der Waals surface area contributed by atoms with Gasteiger partial charge in [-0.25, -0.2) is 0 Å². The van der Waals surface area contributed by atoms with Crippen LogP contribution in [0.4, 0.5) is 0 Å². The fourth-order valence-electron chi connectivity index (χ4n) is 1.85. The van der Waals surface area contributed by atoms with Gasteiger partial charge in [-0.05, 0) is 32.2 Å². The normalized spacial score (nSPS) is 11.9. The predicted octanol–water partition coefficient (Wildman–Crippen LogP) is 1.58. The zero-order chi connectivity index (χ0) is 15.2. The summed E-state index contributed by atoms with van der Waals surface area (Å²) in [6.07, 6.45) is 3.36. The molecule has 0 bridgehead atoms. The summed E-state index contributed by atoms with van der Waals surface area (Å²) in [5, 5.41) is 5.88. The molecule has 0 radical (unpaired) electrons. The van der Waals surface area contributed by atoms with E-state index in [4.69, 9.17) is 0 Å². The molecule has 110 valence electrons. The maximum atomic E-state index is 12.1. The van der Waals surface area contributed by atoms with E-state index in [1.165, 1.54) is 0 Å². The van der Waals surface area contributed by atoms with Gasteiger partial charge in [0.25, 0.3) is 5.91 Å². The molecule has 2 aromatic rings. The highest BCUT2D eigenvalue weighted by Crippen LogP contribution is 2.10. The quantitative estimate of drug-likeness (QED) is 0.706. The number of likely N-dealkylation sites (N-methyl/N-ethyl adjacent to an activating group) is 1. The van der Waals surface area contributed by atoms with E-state index in [2.05, 4.69) is 15.6 Å². The highest BCUT2D eigenvalue weighted by Gasteiger charge is 2.11. The molecule has 5 heteroatoms. The first-order chi connectivity index (χ1) is 10.1. The van der Waals surface area contributed by atoms with Crippen molar-refractivity contribution < 1.29 is 9.59 Å². The number of ketones is 1. The van der Waals surface area contributed by atoms with Gasteiger partial charge in [-0.1, -0.05) is 12.1 Å². The Kier molecular flexibility index (Phi) is 4.90. The van der Waals surface area contributed by atoms with Gasteiger partial charge >= 0.3 is 0 Å². The molecule has 1 unspecified atom stereocenters. The Hall–Kier alpha value is -2.40. The zero-order valence-electron chi connectivity index (χ0n) is 12.1. The molecule has 1 heterocycles. The molecule has 0 saturated heterocycles. The van der Waals surface area contributed by atoms with Gasteiger partial charge in [0.2, 0.25) is 0 Å². The third kappa shape index (κ3) is 3.79. The Morgan fingerprint density at radius 2 is 1.76 bits per heavy atom. The molecule has 21 heavy (non-hydrogen) atoms. The van der Waals surface area contributed by atoms with E-state index in [1.54, 1.807) is 42.7 Å². The number of H-pyrrole nitrogens is 1. The summed E-state index contributed by atoms with van der Waals surface area (Å²) in [4.78, 5) is 26.9. The van der Waals surface area contributed by atoms with Crippen LogP contribution in [0.2, 0.25) is 0 Å². The fraction of sp³-hybridized carbons (Fsp3) is 0.250. The lowest BCUT2D eigenvalue weighted by atomic mass is 10.0. The first kappa shape index (κ1) is 15.0. The zero-order valence-corrected chi connectivity index (χ0v) is 12.1. The lowest BCUT2D eigenvalue weighted by Crippen LogP contribution is -2.37. The molecule has 0 aliphatic heterocycles. The van der Waals surface area contributed by atoms with Gasteiger partial charge in [-0.3, -0.25) is 9.59 Å². The van der Waals surface area contributed by atoms with Gasteiger partial charge in [-0.2, -0.15) is 0 Å². The third-order valence-electron chi connectivity index (χ3n) is 3.33. The first-order valence-electron chi connectivity index (χ1n) is 6.85. The van der Waals surface area contributed by atoms with Crippen LogP contribution in [-0.4, -0.2) is 36.3 Å². The van der Waals surface area contributed by atoms with Gasteiger partial charge in [-0.15, -0.1) is 0 Å². The van der Waals surface area contributed by atoms with E-state index < -0.39 is 0 Å². The average molecular weight is 285 g/mol. The summed E-state index contributed by atoms with van der Waals surface area (Å²) < 4.78 is 0. The van der Waals surface area contributed by atoms with Crippen molar-refractivity contribution in [3.05, 3.63) is 59.4 Å². The summed E-state index contributed by atoms with van der Waals surface area (Å²) in [6.45, 7) is 2.54. The number of carbonyl (C=O) groups excluding carboxylic acids is 2. The molecule has 0 spiro atoms. The molecule has 0 aliphatic rings. The second kappa shape index (κ2) is 6.85.